The van der Waals surface area contributed by atoms with Crippen LogP contribution in [-0.4, -0.2) is 29.5 Å². The highest BCUT2D eigenvalue weighted by atomic mass is 16.6. The molecule has 3 aromatic heterocycles. The molecular weight excluding hydrogens is 248 g/mol. The zero-order chi connectivity index (χ0) is 13.2. The molecule has 19 heavy (non-hydrogen) atoms. The lowest BCUT2D eigenvalue weighted by Crippen LogP contribution is -2.03. The normalized spacial score (nSPS) is 10.5. The smallest absolute Gasteiger partial charge is 0.258 e. The van der Waals surface area contributed by atoms with Crippen LogP contribution < -0.4 is 0 Å². The van der Waals surface area contributed by atoms with Gasteiger partial charge in [0, 0.05) is 12.4 Å². The summed E-state index contributed by atoms with van der Waals surface area (Å²) in [5.41, 5.74) is -0.0775. The fraction of sp³-hybridized carbons (Fsp3) is 0. The van der Waals surface area contributed by atoms with Gasteiger partial charge in [0.2, 0.25) is 0 Å². The first-order chi connectivity index (χ1) is 9.24. The number of nitrogens with zero attached hydrogens (tertiary/aromatic N) is 6. The second-order valence-electron chi connectivity index (χ2n) is 3.70. The van der Waals surface area contributed by atoms with E-state index in [4.69, 9.17) is 0 Å². The van der Waals surface area contributed by atoms with Gasteiger partial charge in [-0.05, 0) is 18.2 Å². The van der Waals surface area contributed by atoms with Gasteiger partial charge in [-0.1, -0.05) is 6.07 Å². The van der Waals surface area contributed by atoms with Crippen molar-refractivity contribution in [3.63, 3.8) is 0 Å². The maximum Gasteiger partial charge on any atom is 0.307 e. The summed E-state index contributed by atoms with van der Waals surface area (Å²) in [5.74, 6) is 1.10. The Hall–Kier alpha value is -3.03. The lowest BCUT2D eigenvalue weighted by atomic mass is 10.4. The number of hydrogen-bond donors (Lipinski definition) is 0. The molecule has 0 fully saturated rings. The molecular formula is C11H8N6O2. The zero-order valence-corrected chi connectivity index (χ0v) is 9.62. The van der Waals surface area contributed by atoms with Crippen LogP contribution in [0.4, 0.5) is 5.69 Å². The van der Waals surface area contributed by atoms with E-state index in [-0.39, 0.29) is 5.69 Å². The molecule has 0 atom stereocenters. The van der Waals surface area contributed by atoms with Gasteiger partial charge in [-0.2, -0.15) is 10.2 Å². The Morgan fingerprint density at radius 1 is 1.11 bits per heavy atom. The van der Waals surface area contributed by atoms with Crippen LogP contribution in [0.2, 0.25) is 0 Å². The van der Waals surface area contributed by atoms with Crippen LogP contribution in [0.5, 0.6) is 0 Å². The molecule has 8 nitrogen and oxygen atoms in total. The van der Waals surface area contributed by atoms with Crippen molar-refractivity contribution in [2.75, 3.05) is 0 Å². The van der Waals surface area contributed by atoms with E-state index >= 15 is 0 Å². The molecule has 0 bridgehead atoms. The van der Waals surface area contributed by atoms with E-state index in [2.05, 4.69) is 15.2 Å². The molecule has 0 aliphatic carbocycles. The van der Waals surface area contributed by atoms with Crippen molar-refractivity contribution >= 4 is 5.69 Å². The first-order valence-corrected chi connectivity index (χ1v) is 5.40. The highest BCUT2D eigenvalue weighted by molar-refractivity contribution is 5.33. The molecule has 94 valence electrons. The monoisotopic (exact) mass is 256 g/mol. The summed E-state index contributed by atoms with van der Waals surface area (Å²) >= 11 is 0. The molecule has 0 aliphatic heterocycles. The van der Waals surface area contributed by atoms with E-state index in [0.717, 1.165) is 0 Å². The van der Waals surface area contributed by atoms with E-state index in [1.807, 2.05) is 0 Å². The average Bonchev–Trinajstić information content (AvgIpc) is 3.10. The predicted octanol–water partition coefficient (Wildman–Crippen LogP) is 1.36. The van der Waals surface area contributed by atoms with Gasteiger partial charge in [0.05, 0.1) is 4.92 Å². The van der Waals surface area contributed by atoms with E-state index in [1.165, 1.54) is 17.1 Å². The number of nitro groups is 1. The number of aromatic nitrogens is 5. The second-order valence-corrected chi connectivity index (χ2v) is 3.70. The second kappa shape index (κ2) is 4.33. The lowest BCUT2D eigenvalue weighted by Gasteiger charge is -2.03. The topological polar surface area (TPSA) is 91.7 Å². The number of hydrogen-bond acceptors (Lipinski definition) is 5. The minimum atomic E-state index is -0.499. The summed E-state index contributed by atoms with van der Waals surface area (Å²) in [6.07, 6.45) is 5.90. The summed E-state index contributed by atoms with van der Waals surface area (Å²) in [6, 6.07) is 7.07. The van der Waals surface area contributed by atoms with E-state index < -0.39 is 4.92 Å². The lowest BCUT2D eigenvalue weighted by molar-refractivity contribution is -0.384. The van der Waals surface area contributed by atoms with Crippen LogP contribution in [0, 0.1) is 10.1 Å². The molecule has 0 saturated heterocycles. The largest absolute Gasteiger partial charge is 0.307 e. The third kappa shape index (κ3) is 2.06. The van der Waals surface area contributed by atoms with E-state index in [1.54, 1.807) is 41.3 Å². The minimum absolute atomic E-state index is 0.0775. The third-order valence-corrected chi connectivity index (χ3v) is 2.47. The Kier molecular flexibility index (Phi) is 2.53. The van der Waals surface area contributed by atoms with Gasteiger partial charge in [-0.15, -0.1) is 0 Å². The molecule has 3 heterocycles. The molecule has 0 saturated carbocycles. The molecule has 0 amide bonds. The molecule has 0 aromatic carbocycles. The van der Waals surface area contributed by atoms with Crippen molar-refractivity contribution in [1.29, 1.82) is 0 Å². The summed E-state index contributed by atoms with van der Waals surface area (Å²) in [5, 5.41) is 18.6. The van der Waals surface area contributed by atoms with Gasteiger partial charge < -0.3 is 0 Å². The maximum absolute atomic E-state index is 10.6. The van der Waals surface area contributed by atoms with Crippen molar-refractivity contribution in [2.45, 2.75) is 0 Å². The summed E-state index contributed by atoms with van der Waals surface area (Å²) in [7, 11) is 0. The predicted molar refractivity (Wildman–Crippen MR) is 65.1 cm³/mol. The zero-order valence-electron chi connectivity index (χ0n) is 9.62. The molecule has 3 aromatic rings. The standard InChI is InChI=1S/C11H8N6O2/c18-17(19)9-7-13-16(8-9)11-4-1-3-10(14-11)15-6-2-5-12-15/h1-8H. The van der Waals surface area contributed by atoms with Crippen LogP contribution in [0.15, 0.2) is 49.1 Å². The van der Waals surface area contributed by atoms with Crippen molar-refractivity contribution in [3.8, 4) is 11.6 Å². The van der Waals surface area contributed by atoms with Gasteiger partial charge in [-0.3, -0.25) is 10.1 Å². The van der Waals surface area contributed by atoms with Crippen LogP contribution in [-0.2, 0) is 0 Å². The van der Waals surface area contributed by atoms with Crippen molar-refractivity contribution in [3.05, 3.63) is 59.2 Å². The highest BCUT2D eigenvalue weighted by Crippen LogP contribution is 2.13. The Morgan fingerprint density at radius 2 is 1.89 bits per heavy atom. The fourth-order valence-corrected chi connectivity index (χ4v) is 1.60. The molecule has 0 unspecified atom stereocenters. The van der Waals surface area contributed by atoms with E-state index in [0.29, 0.717) is 11.6 Å². The van der Waals surface area contributed by atoms with Crippen LogP contribution >= 0.6 is 0 Å². The van der Waals surface area contributed by atoms with E-state index in [9.17, 15) is 10.1 Å². The summed E-state index contributed by atoms with van der Waals surface area (Å²) in [4.78, 5) is 14.5. The Balaban J connectivity index is 2.01. The maximum atomic E-state index is 10.6. The Labute approximate surface area is 107 Å². The van der Waals surface area contributed by atoms with Gasteiger partial charge in [0.25, 0.3) is 0 Å². The molecule has 0 radical (unpaired) electrons. The molecule has 8 heteroatoms. The van der Waals surface area contributed by atoms with Gasteiger partial charge in [-0.25, -0.2) is 14.3 Å². The third-order valence-electron chi connectivity index (χ3n) is 2.47. The van der Waals surface area contributed by atoms with Gasteiger partial charge >= 0.3 is 5.69 Å². The van der Waals surface area contributed by atoms with Crippen molar-refractivity contribution in [2.24, 2.45) is 0 Å². The summed E-state index contributed by atoms with van der Waals surface area (Å²) in [6.45, 7) is 0. The number of pyridine rings is 1. The molecule has 0 aliphatic rings. The molecule has 0 N–H and O–H groups in total. The van der Waals surface area contributed by atoms with Crippen molar-refractivity contribution < 1.29 is 4.92 Å². The van der Waals surface area contributed by atoms with Crippen LogP contribution in [0.25, 0.3) is 11.6 Å². The van der Waals surface area contributed by atoms with Crippen molar-refractivity contribution in [1.82, 2.24) is 24.5 Å². The Bertz CT molecular complexity index is 718. The average molecular weight is 256 g/mol. The quantitative estimate of drug-likeness (QED) is 0.521. The van der Waals surface area contributed by atoms with Crippen LogP contribution in [0.3, 0.4) is 0 Å². The molecule has 0 spiro atoms. The minimum Gasteiger partial charge on any atom is -0.258 e. The SMILES string of the molecule is O=[N+]([O-])c1cnn(-c2cccc(-n3cccn3)n2)c1. The Morgan fingerprint density at radius 3 is 2.53 bits per heavy atom. The fourth-order valence-electron chi connectivity index (χ4n) is 1.60. The number of rotatable bonds is 3. The first-order valence-electron chi connectivity index (χ1n) is 5.40. The van der Waals surface area contributed by atoms with Crippen LogP contribution in [0.1, 0.15) is 0 Å². The highest BCUT2D eigenvalue weighted by Gasteiger charge is 2.11. The van der Waals surface area contributed by atoms with Gasteiger partial charge in [0.1, 0.15) is 12.4 Å². The molecule has 3 rings (SSSR count). The van der Waals surface area contributed by atoms with Gasteiger partial charge in [0.15, 0.2) is 11.6 Å². The first kappa shape index (κ1) is 11.1. The summed E-state index contributed by atoms with van der Waals surface area (Å²) < 4.78 is 2.95.